The molecule has 0 amide bonds. The van der Waals surface area contributed by atoms with Gasteiger partial charge in [0.25, 0.3) is 0 Å². The van der Waals surface area contributed by atoms with Crippen molar-refractivity contribution in [2.45, 2.75) is 99.4 Å². The number of ether oxygens (including phenoxy) is 1. The van der Waals surface area contributed by atoms with Crippen molar-refractivity contribution < 1.29 is 8.85 Å². The molecular formula is C60H66N4O. The highest BCUT2D eigenvalue weighted by Gasteiger charge is 2.27. The molecule has 1 aliphatic heterocycles. The first-order valence-corrected chi connectivity index (χ1v) is 23.7. The lowest BCUT2D eigenvalue weighted by atomic mass is 9.88. The highest BCUT2D eigenvalue weighted by Crippen LogP contribution is 2.41. The van der Waals surface area contributed by atoms with Crippen molar-refractivity contribution in [3.05, 3.63) is 179 Å². The molecule has 5 heteroatoms. The van der Waals surface area contributed by atoms with E-state index in [0.717, 1.165) is 89.4 Å². The van der Waals surface area contributed by atoms with Gasteiger partial charge in [-0.1, -0.05) is 127 Å². The molecule has 6 aromatic carbocycles. The van der Waals surface area contributed by atoms with Crippen LogP contribution in [0.25, 0.3) is 38.8 Å². The molecule has 0 atom stereocenters. The summed E-state index contributed by atoms with van der Waals surface area (Å²) in [4.78, 5) is 9.71. The molecule has 332 valence electrons. The lowest BCUT2D eigenvalue weighted by Gasteiger charge is -2.23. The van der Waals surface area contributed by atoms with Gasteiger partial charge in [0.1, 0.15) is 18.2 Å². The number of fused-ring (bicyclic) bond motifs is 4. The van der Waals surface area contributed by atoms with E-state index in [0.29, 0.717) is 30.4 Å². The molecule has 8 aromatic rings. The lowest BCUT2D eigenvalue weighted by Crippen LogP contribution is -2.28. The molecule has 0 fully saturated rings. The molecule has 0 saturated heterocycles. The van der Waals surface area contributed by atoms with Crippen LogP contribution in [0.15, 0.2) is 146 Å². The molecule has 0 spiro atoms. The highest BCUT2D eigenvalue weighted by atomic mass is 16.5. The lowest BCUT2D eigenvalue weighted by molar-refractivity contribution is 0.306. The second-order valence-corrected chi connectivity index (χ2v) is 20.0. The molecule has 0 aliphatic carbocycles. The van der Waals surface area contributed by atoms with Gasteiger partial charge in [0.15, 0.2) is 0 Å². The number of anilines is 3. The van der Waals surface area contributed by atoms with Gasteiger partial charge in [-0.3, -0.25) is 4.57 Å². The summed E-state index contributed by atoms with van der Waals surface area (Å²) in [7, 11) is 0. The average molecular weight is 862 g/mol. The topological polar surface area (TPSA) is 33.5 Å². The van der Waals surface area contributed by atoms with E-state index < -0.39 is 6.85 Å². The van der Waals surface area contributed by atoms with Crippen LogP contribution in [-0.2, 0) is 31.3 Å². The minimum absolute atomic E-state index is 0.00377. The number of aryl methyl sites for hydroxylation is 1. The van der Waals surface area contributed by atoms with Crippen LogP contribution in [0.1, 0.15) is 98.8 Å². The van der Waals surface area contributed by atoms with Gasteiger partial charge in [-0.15, -0.1) is 0 Å². The van der Waals surface area contributed by atoms with E-state index in [1.807, 2.05) is 18.3 Å². The maximum Gasteiger partial charge on any atom is 0.137 e. The van der Waals surface area contributed by atoms with Crippen molar-refractivity contribution >= 4 is 38.9 Å². The molecule has 0 radical (unpaired) electrons. The van der Waals surface area contributed by atoms with E-state index in [4.69, 9.17) is 13.8 Å². The standard InChI is InChI=1S/C60H66N4O/c1-41(2)31-45-33-46(32-42(3)4)35-47(34-45)52-22-15-17-43(5)51(52)20-13-14-30-62-40-63(57-25-12-11-24-56(57)62)49-19-16-18-44(36-49)39-65-50-26-27-54-53-21-9-10-23-55(53)64(58(54)38-50)59-37-48(28-29-61-59)60(6,7)8/h9-12,15-19,21-29,33-38,41-42H,13-14,20,30-32,39-40H2,1-8H3/i5D3. The summed E-state index contributed by atoms with van der Waals surface area (Å²) in [6.07, 6.45) is 6.42. The van der Waals surface area contributed by atoms with E-state index in [1.165, 1.54) is 38.8 Å². The van der Waals surface area contributed by atoms with Gasteiger partial charge in [-0.2, -0.15) is 0 Å². The second kappa shape index (κ2) is 18.6. The maximum absolute atomic E-state index is 8.54. The van der Waals surface area contributed by atoms with Gasteiger partial charge >= 0.3 is 0 Å². The Balaban J connectivity index is 0.911. The van der Waals surface area contributed by atoms with Crippen molar-refractivity contribution in [2.24, 2.45) is 11.8 Å². The second-order valence-electron chi connectivity index (χ2n) is 20.0. The molecule has 65 heavy (non-hydrogen) atoms. The molecule has 0 saturated carbocycles. The zero-order valence-corrected chi connectivity index (χ0v) is 39.4. The predicted octanol–water partition coefficient (Wildman–Crippen LogP) is 15.4. The Morgan fingerprint density at radius 2 is 1.42 bits per heavy atom. The van der Waals surface area contributed by atoms with Crippen LogP contribution in [-0.4, -0.2) is 22.8 Å². The first-order valence-electron chi connectivity index (χ1n) is 25.2. The fourth-order valence-electron chi connectivity index (χ4n) is 9.80. The maximum atomic E-state index is 8.54. The van der Waals surface area contributed by atoms with E-state index >= 15 is 0 Å². The predicted molar refractivity (Wildman–Crippen MR) is 275 cm³/mol. The third-order valence-corrected chi connectivity index (χ3v) is 12.9. The van der Waals surface area contributed by atoms with Crippen LogP contribution in [0.3, 0.4) is 0 Å². The largest absolute Gasteiger partial charge is 0.489 e. The zero-order chi connectivity index (χ0) is 47.7. The molecule has 5 nitrogen and oxygen atoms in total. The summed E-state index contributed by atoms with van der Waals surface area (Å²) in [6.45, 7) is 15.6. The highest BCUT2D eigenvalue weighted by molar-refractivity contribution is 6.09. The number of para-hydroxylation sites is 3. The number of unbranched alkanes of at least 4 members (excludes halogenated alkanes) is 1. The van der Waals surface area contributed by atoms with E-state index in [2.05, 4.69) is 190 Å². The summed E-state index contributed by atoms with van der Waals surface area (Å²) in [5.74, 6) is 2.77. The quantitative estimate of drug-likeness (QED) is 0.0962. The van der Waals surface area contributed by atoms with Crippen LogP contribution in [0.5, 0.6) is 5.75 Å². The fourth-order valence-corrected chi connectivity index (χ4v) is 9.80. The molecule has 1 aliphatic rings. The normalized spacial score (nSPS) is 13.8. The summed E-state index contributed by atoms with van der Waals surface area (Å²) in [5, 5.41) is 2.35. The van der Waals surface area contributed by atoms with Gasteiger partial charge < -0.3 is 14.5 Å². The van der Waals surface area contributed by atoms with Crippen LogP contribution in [0.2, 0.25) is 0 Å². The summed E-state index contributed by atoms with van der Waals surface area (Å²) in [6, 6.07) is 49.4. The first-order chi connectivity index (χ1) is 32.6. The first kappa shape index (κ1) is 40.2. The van der Waals surface area contributed by atoms with E-state index in [1.54, 1.807) is 0 Å². The molecule has 0 bridgehead atoms. The third-order valence-electron chi connectivity index (χ3n) is 12.9. The number of aromatic nitrogens is 2. The van der Waals surface area contributed by atoms with Crippen molar-refractivity contribution in [1.29, 1.82) is 0 Å². The SMILES string of the molecule is [2H]C([2H])([2H])c1cccc(-c2cc(CC(C)C)cc(CC(C)C)c2)c1CCCCN1CN(c2cccc(COc3ccc4c5ccccc5n(-c5cc(C(C)(C)C)ccn5)c4c3)c2)c2ccccc21. The molecular weight excluding hydrogens is 793 g/mol. The minimum atomic E-state index is -2.19. The van der Waals surface area contributed by atoms with Crippen molar-refractivity contribution in [2.75, 3.05) is 23.0 Å². The Kier molecular flexibility index (Phi) is 11.5. The van der Waals surface area contributed by atoms with Crippen LogP contribution < -0.4 is 14.5 Å². The number of hydrogen-bond acceptors (Lipinski definition) is 4. The Hall–Kier alpha value is -6.33. The minimum Gasteiger partial charge on any atom is -0.489 e. The zero-order valence-electron chi connectivity index (χ0n) is 42.4. The number of nitrogens with zero attached hydrogens (tertiary/aromatic N) is 4. The average Bonchev–Trinajstić information content (AvgIpc) is 3.84. The summed E-state index contributed by atoms with van der Waals surface area (Å²) in [5.41, 5.74) is 14.3. The van der Waals surface area contributed by atoms with Gasteiger partial charge in [0, 0.05) is 39.4 Å². The third kappa shape index (κ3) is 9.57. The molecule has 2 aromatic heterocycles. The van der Waals surface area contributed by atoms with Crippen LogP contribution in [0, 0.1) is 18.7 Å². The molecule has 0 N–H and O–H groups in total. The molecule has 9 rings (SSSR count). The number of benzene rings is 6. The number of hydrogen-bond donors (Lipinski definition) is 0. The fraction of sp³-hybridized carbons (Fsp3) is 0.317. The van der Waals surface area contributed by atoms with Gasteiger partial charge in [0.05, 0.1) is 29.1 Å². The number of rotatable bonds is 15. The van der Waals surface area contributed by atoms with Crippen molar-refractivity contribution in [1.82, 2.24) is 9.55 Å². The van der Waals surface area contributed by atoms with E-state index in [-0.39, 0.29) is 5.41 Å². The van der Waals surface area contributed by atoms with Gasteiger partial charge in [-0.05, 0) is 155 Å². The molecule has 3 heterocycles. The Morgan fingerprint density at radius 1 is 0.677 bits per heavy atom. The van der Waals surface area contributed by atoms with Crippen molar-refractivity contribution in [3.8, 4) is 22.7 Å². The summed E-state index contributed by atoms with van der Waals surface area (Å²) >= 11 is 0. The van der Waals surface area contributed by atoms with Crippen LogP contribution >= 0.6 is 0 Å². The van der Waals surface area contributed by atoms with Gasteiger partial charge in [0.2, 0.25) is 0 Å². The monoisotopic (exact) mass is 862 g/mol. The summed E-state index contributed by atoms with van der Waals surface area (Å²) < 4.78 is 34.5. The van der Waals surface area contributed by atoms with Crippen molar-refractivity contribution in [3.63, 3.8) is 0 Å². The number of pyridine rings is 1. The Morgan fingerprint density at radius 3 is 2.18 bits per heavy atom. The Labute approximate surface area is 391 Å². The Bertz CT molecular complexity index is 3040. The smallest absolute Gasteiger partial charge is 0.137 e. The van der Waals surface area contributed by atoms with Gasteiger partial charge in [-0.25, -0.2) is 4.98 Å². The van der Waals surface area contributed by atoms with E-state index in [9.17, 15) is 0 Å². The molecule has 0 unspecified atom stereocenters. The van der Waals surface area contributed by atoms with Crippen LogP contribution in [0.4, 0.5) is 17.1 Å².